The first-order chi connectivity index (χ1) is 16.5. The van der Waals surface area contributed by atoms with Crippen LogP contribution >= 0.6 is 0 Å². The summed E-state index contributed by atoms with van der Waals surface area (Å²) in [6.45, 7) is 3.67. The molecule has 0 bridgehead atoms. The summed E-state index contributed by atoms with van der Waals surface area (Å²) in [5.74, 6) is 0.188. The lowest BCUT2D eigenvalue weighted by Gasteiger charge is -2.14. The molecule has 0 saturated carbocycles. The number of ether oxygens (including phenoxy) is 3. The van der Waals surface area contributed by atoms with Crippen LogP contribution < -0.4 is 24.8 Å². The van der Waals surface area contributed by atoms with Gasteiger partial charge in [-0.15, -0.1) is 0 Å². The van der Waals surface area contributed by atoms with Crippen molar-refractivity contribution in [3.05, 3.63) is 83.9 Å². The molecule has 0 aliphatic heterocycles. The van der Waals surface area contributed by atoms with E-state index in [0.29, 0.717) is 29.4 Å². The average Bonchev–Trinajstić information content (AvgIpc) is 2.83. The van der Waals surface area contributed by atoms with Crippen LogP contribution in [-0.2, 0) is 16.1 Å². The van der Waals surface area contributed by atoms with Crippen LogP contribution in [0, 0.1) is 0 Å². The third-order valence-electron chi connectivity index (χ3n) is 4.61. The molecule has 8 nitrogen and oxygen atoms in total. The molecule has 176 valence electrons. The Labute approximate surface area is 197 Å². The Hall–Kier alpha value is -4.33. The molecule has 34 heavy (non-hydrogen) atoms. The van der Waals surface area contributed by atoms with Crippen LogP contribution in [0.25, 0.3) is 0 Å². The summed E-state index contributed by atoms with van der Waals surface area (Å²) in [5.41, 5.74) is 1.60. The summed E-state index contributed by atoms with van der Waals surface area (Å²) < 4.78 is 16.1. The minimum absolute atomic E-state index is 0.179. The SMILES string of the molecule is CCOc1ccccc1OCC(=O)NCc1ccccc1NC(=O)c1cccc(OC(C)=O)c1. The number of hydrogen-bond acceptors (Lipinski definition) is 6. The molecule has 2 amide bonds. The first-order valence-corrected chi connectivity index (χ1v) is 10.8. The van der Waals surface area contributed by atoms with Gasteiger partial charge in [-0.1, -0.05) is 36.4 Å². The van der Waals surface area contributed by atoms with E-state index in [9.17, 15) is 14.4 Å². The quantitative estimate of drug-likeness (QED) is 0.349. The summed E-state index contributed by atoms with van der Waals surface area (Å²) in [6, 6.07) is 20.6. The normalized spacial score (nSPS) is 10.2. The Bertz CT molecular complexity index is 1160. The maximum absolute atomic E-state index is 12.7. The fraction of sp³-hybridized carbons (Fsp3) is 0.192. The van der Waals surface area contributed by atoms with Gasteiger partial charge in [0.2, 0.25) is 0 Å². The highest BCUT2D eigenvalue weighted by molar-refractivity contribution is 6.05. The molecular formula is C26H26N2O6. The molecule has 0 radical (unpaired) electrons. The lowest BCUT2D eigenvalue weighted by atomic mass is 10.1. The zero-order chi connectivity index (χ0) is 24.3. The molecule has 0 spiro atoms. The number of benzene rings is 3. The molecule has 0 heterocycles. The number of esters is 1. The zero-order valence-corrected chi connectivity index (χ0v) is 19.0. The maximum Gasteiger partial charge on any atom is 0.308 e. The monoisotopic (exact) mass is 462 g/mol. The van der Waals surface area contributed by atoms with Crippen molar-refractivity contribution < 1.29 is 28.6 Å². The van der Waals surface area contributed by atoms with Gasteiger partial charge >= 0.3 is 5.97 Å². The molecule has 0 saturated heterocycles. The minimum atomic E-state index is -0.469. The van der Waals surface area contributed by atoms with Crippen molar-refractivity contribution >= 4 is 23.5 Å². The molecule has 0 aromatic heterocycles. The summed E-state index contributed by atoms with van der Waals surface area (Å²) in [5, 5.41) is 5.62. The van der Waals surface area contributed by atoms with E-state index in [-0.39, 0.29) is 30.7 Å². The van der Waals surface area contributed by atoms with Crippen molar-refractivity contribution in [2.45, 2.75) is 20.4 Å². The Kier molecular flexibility index (Phi) is 8.62. The van der Waals surface area contributed by atoms with Gasteiger partial charge < -0.3 is 24.8 Å². The number of rotatable bonds is 10. The predicted octanol–water partition coefficient (Wildman–Crippen LogP) is 3.96. The molecule has 2 N–H and O–H groups in total. The molecule has 0 aliphatic carbocycles. The highest BCUT2D eigenvalue weighted by Gasteiger charge is 2.12. The van der Waals surface area contributed by atoms with Crippen LogP contribution in [0.15, 0.2) is 72.8 Å². The average molecular weight is 463 g/mol. The van der Waals surface area contributed by atoms with Crippen LogP contribution in [0.3, 0.4) is 0 Å². The van der Waals surface area contributed by atoms with Gasteiger partial charge in [-0.3, -0.25) is 14.4 Å². The first-order valence-electron chi connectivity index (χ1n) is 10.8. The Morgan fingerprint density at radius 2 is 1.56 bits per heavy atom. The zero-order valence-electron chi connectivity index (χ0n) is 19.0. The number of nitrogens with one attached hydrogen (secondary N) is 2. The molecular weight excluding hydrogens is 436 g/mol. The van der Waals surface area contributed by atoms with Gasteiger partial charge in [-0.25, -0.2) is 0 Å². The standard InChI is InChI=1S/C26H26N2O6/c1-3-32-23-13-6-7-14-24(23)33-17-25(30)27-16-20-9-4-5-12-22(20)28-26(31)19-10-8-11-21(15-19)34-18(2)29/h4-15H,3,16-17H2,1-2H3,(H,27,30)(H,28,31). The van der Waals surface area contributed by atoms with Crippen LogP contribution in [0.1, 0.15) is 29.8 Å². The minimum Gasteiger partial charge on any atom is -0.490 e. The largest absolute Gasteiger partial charge is 0.490 e. The lowest BCUT2D eigenvalue weighted by molar-refractivity contribution is -0.131. The van der Waals surface area contributed by atoms with Gasteiger partial charge in [0.1, 0.15) is 5.75 Å². The maximum atomic E-state index is 12.7. The number of anilines is 1. The molecule has 0 unspecified atom stereocenters. The summed E-state index contributed by atoms with van der Waals surface area (Å²) in [6.07, 6.45) is 0. The Balaban J connectivity index is 1.59. The third-order valence-corrected chi connectivity index (χ3v) is 4.61. The van der Waals surface area contributed by atoms with Crippen LogP contribution in [0.4, 0.5) is 5.69 Å². The van der Waals surface area contributed by atoms with Crippen molar-refractivity contribution in [2.75, 3.05) is 18.5 Å². The molecule has 3 aromatic carbocycles. The Morgan fingerprint density at radius 3 is 2.29 bits per heavy atom. The second kappa shape index (κ2) is 12.1. The second-order valence-electron chi connectivity index (χ2n) is 7.18. The van der Waals surface area contributed by atoms with Crippen LogP contribution in [0.2, 0.25) is 0 Å². The van der Waals surface area contributed by atoms with Gasteiger partial charge in [-0.05, 0) is 48.9 Å². The third kappa shape index (κ3) is 7.09. The smallest absolute Gasteiger partial charge is 0.308 e. The predicted molar refractivity (Wildman–Crippen MR) is 127 cm³/mol. The summed E-state index contributed by atoms with van der Waals surface area (Å²) in [4.78, 5) is 36.2. The van der Waals surface area contributed by atoms with Crippen molar-refractivity contribution in [3.63, 3.8) is 0 Å². The highest BCUT2D eigenvalue weighted by atomic mass is 16.5. The molecule has 0 fully saturated rings. The van der Waals surface area contributed by atoms with E-state index in [1.54, 1.807) is 54.6 Å². The van der Waals surface area contributed by atoms with Crippen molar-refractivity contribution in [3.8, 4) is 17.2 Å². The van der Waals surface area contributed by atoms with E-state index in [1.807, 2.05) is 19.1 Å². The van der Waals surface area contributed by atoms with E-state index in [2.05, 4.69) is 10.6 Å². The number of amides is 2. The molecule has 8 heteroatoms. The molecule has 3 aromatic rings. The van der Waals surface area contributed by atoms with Crippen LogP contribution in [-0.4, -0.2) is 31.0 Å². The van der Waals surface area contributed by atoms with Crippen molar-refractivity contribution in [2.24, 2.45) is 0 Å². The van der Waals surface area contributed by atoms with Crippen molar-refractivity contribution in [1.29, 1.82) is 0 Å². The number of carbonyl (C=O) groups excluding carboxylic acids is 3. The van der Waals surface area contributed by atoms with E-state index >= 15 is 0 Å². The van der Waals surface area contributed by atoms with Gasteiger partial charge in [0.05, 0.1) is 6.61 Å². The lowest BCUT2D eigenvalue weighted by Crippen LogP contribution is -2.29. The molecule has 0 aliphatic rings. The van der Waals surface area contributed by atoms with Gasteiger partial charge in [-0.2, -0.15) is 0 Å². The van der Waals surface area contributed by atoms with E-state index in [0.717, 1.165) is 5.56 Å². The van der Waals surface area contributed by atoms with E-state index < -0.39 is 5.97 Å². The van der Waals surface area contributed by atoms with E-state index in [4.69, 9.17) is 14.2 Å². The number of para-hydroxylation sites is 3. The molecule has 3 rings (SSSR count). The highest BCUT2D eigenvalue weighted by Crippen LogP contribution is 2.26. The van der Waals surface area contributed by atoms with Gasteiger partial charge in [0, 0.05) is 24.7 Å². The fourth-order valence-corrected chi connectivity index (χ4v) is 3.09. The van der Waals surface area contributed by atoms with Gasteiger partial charge in [0.25, 0.3) is 11.8 Å². The number of carbonyl (C=O) groups is 3. The van der Waals surface area contributed by atoms with Crippen molar-refractivity contribution in [1.82, 2.24) is 5.32 Å². The van der Waals surface area contributed by atoms with Gasteiger partial charge in [0.15, 0.2) is 18.1 Å². The molecule has 0 atom stereocenters. The summed E-state index contributed by atoms with van der Waals surface area (Å²) in [7, 11) is 0. The topological polar surface area (TPSA) is 103 Å². The van der Waals surface area contributed by atoms with E-state index in [1.165, 1.54) is 13.0 Å². The number of hydrogen-bond donors (Lipinski definition) is 2. The summed E-state index contributed by atoms with van der Waals surface area (Å²) >= 11 is 0. The fourth-order valence-electron chi connectivity index (χ4n) is 3.09. The van der Waals surface area contributed by atoms with Crippen LogP contribution in [0.5, 0.6) is 17.2 Å². The Morgan fingerprint density at radius 1 is 0.853 bits per heavy atom. The first kappa shape index (κ1) is 24.3. The second-order valence-corrected chi connectivity index (χ2v) is 7.18.